The molecule has 24 heavy (non-hydrogen) atoms. The molecular formula is C19H18N2O3. The lowest BCUT2D eigenvalue weighted by molar-refractivity contribution is 0.0950. The molecule has 0 saturated carbocycles. The second kappa shape index (κ2) is 6.58. The molecule has 1 amide bonds. The van der Waals surface area contributed by atoms with Crippen molar-refractivity contribution in [3.8, 4) is 5.75 Å². The summed E-state index contributed by atoms with van der Waals surface area (Å²) in [5.41, 5.74) is 2.88. The molecule has 0 saturated heterocycles. The van der Waals surface area contributed by atoms with Gasteiger partial charge in [0.15, 0.2) is 0 Å². The Hall–Kier alpha value is -3.08. The van der Waals surface area contributed by atoms with Crippen molar-refractivity contribution in [3.05, 3.63) is 75.6 Å². The maximum atomic E-state index is 12.2. The number of pyridine rings is 1. The Morgan fingerprint density at radius 3 is 2.79 bits per heavy atom. The normalized spacial score (nSPS) is 10.6. The Balaban J connectivity index is 1.76. The Bertz CT molecular complexity index is 960. The number of ether oxygens (including phenoxy) is 1. The summed E-state index contributed by atoms with van der Waals surface area (Å²) in [4.78, 5) is 26.7. The van der Waals surface area contributed by atoms with Crippen LogP contribution in [0.15, 0.2) is 53.3 Å². The Labute approximate surface area is 139 Å². The van der Waals surface area contributed by atoms with E-state index in [1.807, 2.05) is 24.3 Å². The van der Waals surface area contributed by atoms with Crippen molar-refractivity contribution in [2.24, 2.45) is 0 Å². The fourth-order valence-corrected chi connectivity index (χ4v) is 2.52. The lowest BCUT2D eigenvalue weighted by Gasteiger charge is -2.08. The Morgan fingerprint density at radius 2 is 2.00 bits per heavy atom. The number of carbonyl (C=O) groups is 1. The molecule has 0 bridgehead atoms. The van der Waals surface area contributed by atoms with Crippen LogP contribution in [0.25, 0.3) is 10.9 Å². The van der Waals surface area contributed by atoms with Crippen LogP contribution in [-0.2, 0) is 6.54 Å². The van der Waals surface area contributed by atoms with Gasteiger partial charge in [0.2, 0.25) is 0 Å². The minimum absolute atomic E-state index is 0.0819. The maximum absolute atomic E-state index is 12.2. The molecule has 0 aliphatic rings. The molecule has 5 nitrogen and oxygen atoms in total. The molecule has 1 aromatic heterocycles. The Morgan fingerprint density at radius 1 is 1.17 bits per heavy atom. The van der Waals surface area contributed by atoms with Crippen LogP contribution in [0.1, 0.15) is 21.5 Å². The zero-order valence-electron chi connectivity index (χ0n) is 13.6. The summed E-state index contributed by atoms with van der Waals surface area (Å²) in [6, 6.07) is 14.6. The number of rotatable bonds is 4. The highest BCUT2D eigenvalue weighted by Crippen LogP contribution is 2.15. The van der Waals surface area contributed by atoms with Crippen molar-refractivity contribution in [1.29, 1.82) is 0 Å². The maximum Gasteiger partial charge on any atom is 0.251 e. The average molecular weight is 322 g/mol. The van der Waals surface area contributed by atoms with Crippen molar-refractivity contribution < 1.29 is 9.53 Å². The van der Waals surface area contributed by atoms with Crippen LogP contribution in [0.4, 0.5) is 0 Å². The van der Waals surface area contributed by atoms with Crippen LogP contribution in [-0.4, -0.2) is 18.0 Å². The first kappa shape index (κ1) is 15.8. The highest BCUT2D eigenvalue weighted by atomic mass is 16.5. The van der Waals surface area contributed by atoms with E-state index >= 15 is 0 Å². The predicted molar refractivity (Wildman–Crippen MR) is 93.5 cm³/mol. The van der Waals surface area contributed by atoms with E-state index in [1.165, 1.54) is 0 Å². The summed E-state index contributed by atoms with van der Waals surface area (Å²) in [5.74, 6) is 0.486. The van der Waals surface area contributed by atoms with Gasteiger partial charge in [0.1, 0.15) is 5.75 Å². The van der Waals surface area contributed by atoms with Crippen LogP contribution in [0.5, 0.6) is 5.75 Å². The fraction of sp³-hybridized carbons (Fsp3) is 0.158. The van der Waals surface area contributed by atoms with Crippen molar-refractivity contribution in [2.45, 2.75) is 13.5 Å². The van der Waals surface area contributed by atoms with Crippen molar-refractivity contribution in [3.63, 3.8) is 0 Å². The molecular weight excluding hydrogens is 304 g/mol. The van der Waals surface area contributed by atoms with E-state index in [9.17, 15) is 9.59 Å². The summed E-state index contributed by atoms with van der Waals surface area (Å²) in [6.45, 7) is 2.18. The van der Waals surface area contributed by atoms with E-state index < -0.39 is 0 Å². The molecule has 0 atom stereocenters. The van der Waals surface area contributed by atoms with E-state index in [0.29, 0.717) is 23.4 Å². The van der Waals surface area contributed by atoms with E-state index in [1.54, 1.807) is 38.3 Å². The smallest absolute Gasteiger partial charge is 0.251 e. The number of nitrogens with one attached hydrogen (secondary N) is 2. The molecule has 0 aliphatic heterocycles. The monoisotopic (exact) mass is 322 g/mol. The van der Waals surface area contributed by atoms with Crippen LogP contribution in [0.3, 0.4) is 0 Å². The zero-order chi connectivity index (χ0) is 17.1. The number of hydrogen-bond donors (Lipinski definition) is 2. The zero-order valence-corrected chi connectivity index (χ0v) is 13.6. The largest absolute Gasteiger partial charge is 0.497 e. The van der Waals surface area contributed by atoms with Crippen molar-refractivity contribution >= 4 is 16.8 Å². The van der Waals surface area contributed by atoms with Crippen LogP contribution >= 0.6 is 0 Å². The van der Waals surface area contributed by atoms with Gasteiger partial charge in [0.25, 0.3) is 11.5 Å². The number of amides is 1. The molecule has 0 unspecified atom stereocenters. The van der Waals surface area contributed by atoms with E-state index in [0.717, 1.165) is 16.5 Å². The van der Waals surface area contributed by atoms with E-state index in [2.05, 4.69) is 10.3 Å². The number of aromatic nitrogens is 1. The van der Waals surface area contributed by atoms with Gasteiger partial charge in [-0.15, -0.1) is 0 Å². The lowest BCUT2D eigenvalue weighted by Crippen LogP contribution is -2.22. The van der Waals surface area contributed by atoms with Gasteiger partial charge < -0.3 is 15.0 Å². The molecule has 5 heteroatoms. The quantitative estimate of drug-likeness (QED) is 0.776. The summed E-state index contributed by atoms with van der Waals surface area (Å²) in [7, 11) is 1.57. The van der Waals surface area contributed by atoms with Crippen LogP contribution in [0, 0.1) is 6.92 Å². The minimum Gasteiger partial charge on any atom is -0.497 e. The number of benzene rings is 2. The van der Waals surface area contributed by atoms with Gasteiger partial charge in [-0.05, 0) is 54.3 Å². The predicted octanol–water partition coefficient (Wildman–Crippen LogP) is 2.78. The second-order valence-corrected chi connectivity index (χ2v) is 5.62. The summed E-state index contributed by atoms with van der Waals surface area (Å²) in [6.07, 6.45) is 0. The number of fused-ring (bicyclic) bond motifs is 1. The first-order valence-corrected chi connectivity index (χ1v) is 7.61. The van der Waals surface area contributed by atoms with Gasteiger partial charge in [0.05, 0.1) is 7.11 Å². The number of methoxy groups -OCH3 is 1. The topological polar surface area (TPSA) is 71.2 Å². The lowest BCUT2D eigenvalue weighted by atomic mass is 10.1. The molecule has 2 aromatic carbocycles. The standard InChI is InChI=1S/C19H18N2O3/c1-12-8-15-9-13(6-7-17(15)21-18(12)22)11-20-19(23)14-4-3-5-16(10-14)24-2/h3-10H,11H2,1-2H3,(H,20,23)(H,21,22). The third-order valence-corrected chi connectivity index (χ3v) is 3.88. The van der Waals surface area contributed by atoms with Gasteiger partial charge in [-0.3, -0.25) is 9.59 Å². The van der Waals surface area contributed by atoms with E-state index in [4.69, 9.17) is 4.74 Å². The molecule has 0 fully saturated rings. The molecule has 0 aliphatic carbocycles. The molecule has 0 spiro atoms. The average Bonchev–Trinajstić information content (AvgIpc) is 2.60. The van der Waals surface area contributed by atoms with Gasteiger partial charge in [-0.2, -0.15) is 0 Å². The highest BCUT2D eigenvalue weighted by molar-refractivity contribution is 5.94. The van der Waals surface area contributed by atoms with Crippen LogP contribution in [0.2, 0.25) is 0 Å². The van der Waals surface area contributed by atoms with Gasteiger partial charge in [-0.1, -0.05) is 12.1 Å². The highest BCUT2D eigenvalue weighted by Gasteiger charge is 2.07. The van der Waals surface area contributed by atoms with E-state index in [-0.39, 0.29) is 11.5 Å². The third-order valence-electron chi connectivity index (χ3n) is 3.88. The third kappa shape index (κ3) is 3.30. The SMILES string of the molecule is COc1cccc(C(=O)NCc2ccc3[nH]c(=O)c(C)cc3c2)c1. The molecule has 2 N–H and O–H groups in total. The number of aromatic amines is 1. The second-order valence-electron chi connectivity index (χ2n) is 5.62. The fourth-order valence-electron chi connectivity index (χ4n) is 2.52. The Kier molecular flexibility index (Phi) is 4.33. The van der Waals surface area contributed by atoms with Crippen molar-refractivity contribution in [2.75, 3.05) is 7.11 Å². The van der Waals surface area contributed by atoms with Crippen LogP contribution < -0.4 is 15.6 Å². The molecule has 1 heterocycles. The number of H-pyrrole nitrogens is 1. The number of carbonyl (C=O) groups excluding carboxylic acids is 1. The minimum atomic E-state index is -0.161. The number of hydrogen-bond acceptors (Lipinski definition) is 3. The van der Waals surface area contributed by atoms with Gasteiger partial charge >= 0.3 is 0 Å². The first-order chi connectivity index (χ1) is 11.6. The summed E-state index contributed by atoms with van der Waals surface area (Å²) in [5, 5.41) is 3.84. The first-order valence-electron chi connectivity index (χ1n) is 7.61. The van der Waals surface area contributed by atoms with Gasteiger partial charge in [-0.25, -0.2) is 0 Å². The van der Waals surface area contributed by atoms with Crippen molar-refractivity contribution in [1.82, 2.24) is 10.3 Å². The molecule has 0 radical (unpaired) electrons. The number of aryl methyl sites for hydroxylation is 1. The summed E-state index contributed by atoms with van der Waals surface area (Å²) >= 11 is 0. The molecule has 3 rings (SSSR count). The molecule has 122 valence electrons. The van der Waals surface area contributed by atoms with Gasteiger partial charge in [0, 0.05) is 23.2 Å². The summed E-state index contributed by atoms with van der Waals surface area (Å²) < 4.78 is 5.13. The molecule has 3 aromatic rings.